The fourth-order valence-electron chi connectivity index (χ4n) is 3.44. The zero-order chi connectivity index (χ0) is 13.5. The van der Waals surface area contributed by atoms with E-state index in [0.29, 0.717) is 18.7 Å². The molecule has 0 aromatic carbocycles. The molecule has 0 unspecified atom stereocenters. The topological polar surface area (TPSA) is 32.3 Å². The van der Waals surface area contributed by atoms with Crippen LogP contribution in [-0.4, -0.2) is 43.4 Å². The highest BCUT2D eigenvalue weighted by atomic mass is 16.1. The zero-order valence-electron chi connectivity index (χ0n) is 12.5. The third-order valence-electron chi connectivity index (χ3n) is 4.94. The first-order chi connectivity index (χ1) is 9.28. The lowest BCUT2D eigenvalue weighted by Crippen LogP contribution is -2.37. The molecule has 2 rings (SSSR count). The maximum Gasteiger partial charge on any atom is 0.146 e. The van der Waals surface area contributed by atoms with Gasteiger partial charge in [-0.25, -0.2) is 0 Å². The molecule has 0 aromatic rings. The van der Waals surface area contributed by atoms with Crippen molar-refractivity contribution in [1.29, 1.82) is 0 Å². The molecular weight excluding hydrogens is 236 g/mol. The molecule has 0 amide bonds. The minimum atomic E-state index is 0.396. The summed E-state index contributed by atoms with van der Waals surface area (Å²) in [5.74, 6) is 2.29. The normalized spacial score (nSPS) is 23.6. The van der Waals surface area contributed by atoms with Crippen LogP contribution in [0.15, 0.2) is 0 Å². The standard InChI is InChI=1S/C16H30N2O/c1-2-16(19)13-18-11-7-15(8-12-18)4-3-14-5-9-17-10-6-14/h14-15,17H,2-13H2,1H3. The second-order valence-electron chi connectivity index (χ2n) is 6.38. The molecular formula is C16H30N2O. The van der Waals surface area contributed by atoms with Crippen molar-refractivity contribution in [3.8, 4) is 0 Å². The van der Waals surface area contributed by atoms with E-state index >= 15 is 0 Å². The van der Waals surface area contributed by atoms with Crippen molar-refractivity contribution >= 4 is 5.78 Å². The van der Waals surface area contributed by atoms with Gasteiger partial charge in [0.1, 0.15) is 5.78 Å². The van der Waals surface area contributed by atoms with Crippen LogP contribution < -0.4 is 5.32 Å². The highest BCUT2D eigenvalue weighted by molar-refractivity contribution is 5.80. The molecule has 3 nitrogen and oxygen atoms in total. The van der Waals surface area contributed by atoms with Crippen LogP contribution in [0.4, 0.5) is 0 Å². The molecule has 1 N–H and O–H groups in total. The number of nitrogens with zero attached hydrogens (tertiary/aromatic N) is 1. The first-order valence-corrected chi connectivity index (χ1v) is 8.22. The molecule has 0 saturated carbocycles. The van der Waals surface area contributed by atoms with E-state index in [-0.39, 0.29) is 0 Å². The summed E-state index contributed by atoms with van der Waals surface area (Å²) in [6.07, 6.45) is 8.91. The van der Waals surface area contributed by atoms with Gasteiger partial charge in [0.25, 0.3) is 0 Å². The zero-order valence-corrected chi connectivity index (χ0v) is 12.5. The number of hydrogen-bond donors (Lipinski definition) is 1. The highest BCUT2D eigenvalue weighted by Crippen LogP contribution is 2.26. The van der Waals surface area contributed by atoms with Crippen LogP contribution in [-0.2, 0) is 4.79 Å². The first-order valence-electron chi connectivity index (χ1n) is 8.22. The number of hydrogen-bond acceptors (Lipinski definition) is 3. The van der Waals surface area contributed by atoms with E-state index in [1.807, 2.05) is 6.92 Å². The molecule has 3 heteroatoms. The number of nitrogens with one attached hydrogen (secondary N) is 1. The Hall–Kier alpha value is -0.410. The highest BCUT2D eigenvalue weighted by Gasteiger charge is 2.21. The number of piperidine rings is 2. The molecule has 110 valence electrons. The van der Waals surface area contributed by atoms with E-state index in [1.165, 1.54) is 51.6 Å². The predicted octanol–water partition coefficient (Wildman–Crippen LogP) is 2.46. The molecule has 2 aliphatic heterocycles. The largest absolute Gasteiger partial charge is 0.317 e. The molecule has 0 atom stereocenters. The number of rotatable bonds is 6. The van der Waals surface area contributed by atoms with Crippen LogP contribution in [0.2, 0.25) is 0 Å². The molecule has 2 aliphatic rings. The lowest BCUT2D eigenvalue weighted by Gasteiger charge is -2.32. The van der Waals surface area contributed by atoms with Crippen LogP contribution in [0.3, 0.4) is 0 Å². The molecule has 0 aliphatic carbocycles. The smallest absolute Gasteiger partial charge is 0.146 e. The van der Waals surface area contributed by atoms with Gasteiger partial charge in [0.05, 0.1) is 6.54 Å². The van der Waals surface area contributed by atoms with E-state index in [4.69, 9.17) is 0 Å². The number of Topliss-reactive ketones (excluding diaryl/α,β-unsaturated/α-hetero) is 1. The van der Waals surface area contributed by atoms with Crippen LogP contribution in [0.1, 0.15) is 51.9 Å². The Morgan fingerprint density at radius 3 is 2.21 bits per heavy atom. The molecule has 19 heavy (non-hydrogen) atoms. The Morgan fingerprint density at radius 2 is 1.63 bits per heavy atom. The van der Waals surface area contributed by atoms with E-state index < -0.39 is 0 Å². The van der Waals surface area contributed by atoms with E-state index in [9.17, 15) is 4.79 Å². The average Bonchev–Trinajstić information content (AvgIpc) is 2.47. The number of carbonyl (C=O) groups is 1. The Balaban J connectivity index is 1.59. The fraction of sp³-hybridized carbons (Fsp3) is 0.938. The van der Waals surface area contributed by atoms with Gasteiger partial charge < -0.3 is 5.32 Å². The molecule has 0 spiro atoms. The van der Waals surface area contributed by atoms with Crippen molar-refractivity contribution in [3.63, 3.8) is 0 Å². The summed E-state index contributed by atoms with van der Waals surface area (Å²) >= 11 is 0. The fourth-order valence-corrected chi connectivity index (χ4v) is 3.44. The van der Waals surface area contributed by atoms with Gasteiger partial charge in [-0.3, -0.25) is 9.69 Å². The first kappa shape index (κ1) is 15.0. The second kappa shape index (κ2) is 8.01. The van der Waals surface area contributed by atoms with Crippen LogP contribution in [0.25, 0.3) is 0 Å². The maximum absolute atomic E-state index is 11.4. The summed E-state index contributed by atoms with van der Waals surface area (Å²) in [6.45, 7) is 7.39. The van der Waals surface area contributed by atoms with Gasteiger partial charge in [-0.15, -0.1) is 0 Å². The van der Waals surface area contributed by atoms with Gasteiger partial charge in [-0.2, -0.15) is 0 Å². The minimum absolute atomic E-state index is 0.396. The van der Waals surface area contributed by atoms with Crippen molar-refractivity contribution in [3.05, 3.63) is 0 Å². The Bertz CT molecular complexity index is 266. The van der Waals surface area contributed by atoms with Crippen molar-refractivity contribution < 1.29 is 4.79 Å². The summed E-state index contributed by atoms with van der Waals surface area (Å²) in [5, 5.41) is 3.44. The van der Waals surface area contributed by atoms with Crippen LogP contribution in [0, 0.1) is 11.8 Å². The third kappa shape index (κ3) is 5.23. The van der Waals surface area contributed by atoms with E-state index in [1.54, 1.807) is 0 Å². The number of carbonyl (C=O) groups excluding carboxylic acids is 1. The van der Waals surface area contributed by atoms with Gasteiger partial charge >= 0.3 is 0 Å². The average molecular weight is 266 g/mol. The quantitative estimate of drug-likeness (QED) is 0.801. The van der Waals surface area contributed by atoms with Crippen molar-refractivity contribution in [2.45, 2.75) is 51.9 Å². The molecule has 0 radical (unpaired) electrons. The molecule has 0 bridgehead atoms. The maximum atomic E-state index is 11.4. The number of likely N-dealkylation sites (tertiary alicyclic amines) is 1. The monoisotopic (exact) mass is 266 g/mol. The Morgan fingerprint density at radius 1 is 1.05 bits per heavy atom. The van der Waals surface area contributed by atoms with Crippen molar-refractivity contribution in [2.75, 3.05) is 32.7 Å². The Labute approximate surface area is 118 Å². The van der Waals surface area contributed by atoms with E-state index in [0.717, 1.165) is 24.9 Å². The van der Waals surface area contributed by atoms with Crippen molar-refractivity contribution in [1.82, 2.24) is 10.2 Å². The second-order valence-corrected chi connectivity index (χ2v) is 6.38. The van der Waals surface area contributed by atoms with Crippen LogP contribution in [0.5, 0.6) is 0 Å². The van der Waals surface area contributed by atoms with Crippen molar-refractivity contribution in [2.24, 2.45) is 11.8 Å². The van der Waals surface area contributed by atoms with Gasteiger partial charge in [0.15, 0.2) is 0 Å². The molecule has 2 fully saturated rings. The SMILES string of the molecule is CCC(=O)CN1CCC(CCC2CCNCC2)CC1. The van der Waals surface area contributed by atoms with Gasteiger partial charge in [-0.1, -0.05) is 19.8 Å². The van der Waals surface area contributed by atoms with Gasteiger partial charge in [0, 0.05) is 6.42 Å². The third-order valence-corrected chi connectivity index (χ3v) is 4.94. The van der Waals surface area contributed by atoms with E-state index in [2.05, 4.69) is 10.2 Å². The lowest BCUT2D eigenvalue weighted by molar-refractivity contribution is -0.120. The van der Waals surface area contributed by atoms with Gasteiger partial charge in [-0.05, 0) is 63.7 Å². The van der Waals surface area contributed by atoms with Gasteiger partial charge in [0.2, 0.25) is 0 Å². The van der Waals surface area contributed by atoms with Crippen LogP contribution >= 0.6 is 0 Å². The lowest BCUT2D eigenvalue weighted by atomic mass is 9.85. The summed E-state index contributed by atoms with van der Waals surface area (Å²) in [4.78, 5) is 13.8. The molecule has 0 aromatic heterocycles. The molecule has 2 heterocycles. The molecule has 2 saturated heterocycles. The summed E-state index contributed by atoms with van der Waals surface area (Å²) in [7, 11) is 0. The Kier molecular flexibility index (Phi) is 6.32. The summed E-state index contributed by atoms with van der Waals surface area (Å²) in [5.41, 5.74) is 0. The summed E-state index contributed by atoms with van der Waals surface area (Å²) < 4.78 is 0. The predicted molar refractivity (Wildman–Crippen MR) is 79.3 cm³/mol. The summed E-state index contributed by atoms with van der Waals surface area (Å²) in [6, 6.07) is 0. The minimum Gasteiger partial charge on any atom is -0.317 e. The number of ketones is 1.